The van der Waals surface area contributed by atoms with E-state index in [1.54, 1.807) is 12.1 Å². The molecule has 0 bridgehead atoms. The summed E-state index contributed by atoms with van der Waals surface area (Å²) in [4.78, 5) is 4.87. The van der Waals surface area contributed by atoms with Crippen molar-refractivity contribution < 1.29 is 26.3 Å². The Morgan fingerprint density at radius 2 is 1.39 bits per heavy atom. The lowest BCUT2D eigenvalue weighted by Crippen LogP contribution is -2.48. The smallest absolute Gasteiger partial charge is 0.311 e. The van der Waals surface area contributed by atoms with Gasteiger partial charge in [-0.25, -0.2) is 0 Å². The maximum atomic E-state index is 13.3. The van der Waals surface area contributed by atoms with Gasteiger partial charge >= 0.3 is 12.4 Å². The Bertz CT molecular complexity index is 1050. The third-order valence-electron chi connectivity index (χ3n) is 7.49. The molecule has 1 atom stereocenters. The van der Waals surface area contributed by atoms with E-state index in [9.17, 15) is 26.3 Å². The molecule has 0 radical (unpaired) electrons. The summed E-state index contributed by atoms with van der Waals surface area (Å²) in [5.74, 6) is 0. The van der Waals surface area contributed by atoms with E-state index >= 15 is 0 Å². The van der Waals surface area contributed by atoms with Gasteiger partial charge in [-0.2, -0.15) is 26.3 Å². The first kappa shape index (κ1) is 29.5. The summed E-state index contributed by atoms with van der Waals surface area (Å²) in [5.41, 5.74) is -1.82. The monoisotopic (exact) mass is 581 g/mol. The molecule has 2 saturated heterocycles. The molecule has 2 aliphatic rings. The summed E-state index contributed by atoms with van der Waals surface area (Å²) < 4.78 is 79.6. The van der Waals surface area contributed by atoms with Gasteiger partial charge < -0.3 is 10.2 Å². The Balaban J connectivity index is 1.48. The van der Waals surface area contributed by atoms with Crippen molar-refractivity contribution in [3.05, 3.63) is 68.7 Å². The zero-order chi connectivity index (χ0) is 27.5. The summed E-state index contributed by atoms with van der Waals surface area (Å²) >= 11 is 12.4. The second-order valence-electron chi connectivity index (χ2n) is 10.1. The summed E-state index contributed by atoms with van der Waals surface area (Å²) in [6.45, 7) is 4.09. The normalized spacial score (nSPS) is 19.6. The van der Waals surface area contributed by atoms with Crippen molar-refractivity contribution in [2.75, 3.05) is 32.7 Å². The number of rotatable bonds is 7. The summed E-state index contributed by atoms with van der Waals surface area (Å²) in [6, 6.07) is 7.38. The minimum Gasteiger partial charge on any atom is -0.311 e. The number of hydrogen-bond donors (Lipinski definition) is 1. The molecule has 1 unspecified atom stereocenters. The fourth-order valence-corrected chi connectivity index (χ4v) is 5.80. The number of piperidine rings is 2. The van der Waals surface area contributed by atoms with Gasteiger partial charge in [-0.15, -0.1) is 0 Å². The fourth-order valence-electron chi connectivity index (χ4n) is 5.50. The summed E-state index contributed by atoms with van der Waals surface area (Å²) in [6.07, 6.45) is -4.03. The van der Waals surface area contributed by atoms with Crippen molar-refractivity contribution in [2.24, 2.45) is 0 Å². The number of benzene rings is 2. The van der Waals surface area contributed by atoms with E-state index in [0.717, 1.165) is 56.7 Å². The number of nitrogens with zero attached hydrogens (tertiary/aromatic N) is 2. The van der Waals surface area contributed by atoms with Gasteiger partial charge in [-0.1, -0.05) is 35.7 Å². The van der Waals surface area contributed by atoms with E-state index in [4.69, 9.17) is 23.2 Å². The van der Waals surface area contributed by atoms with Gasteiger partial charge in [0.25, 0.3) is 0 Å². The highest BCUT2D eigenvalue weighted by atomic mass is 35.5. The van der Waals surface area contributed by atoms with Crippen LogP contribution >= 0.6 is 23.2 Å². The predicted molar refractivity (Wildman–Crippen MR) is 137 cm³/mol. The van der Waals surface area contributed by atoms with Crippen LogP contribution in [0.1, 0.15) is 60.4 Å². The van der Waals surface area contributed by atoms with Crippen LogP contribution in [-0.2, 0) is 18.9 Å². The van der Waals surface area contributed by atoms with Gasteiger partial charge in [-0.05, 0) is 80.2 Å². The van der Waals surface area contributed by atoms with Crippen LogP contribution in [0.2, 0.25) is 10.0 Å². The third-order valence-corrected chi connectivity index (χ3v) is 8.23. The average Bonchev–Trinajstić information content (AvgIpc) is 2.88. The molecule has 0 aliphatic carbocycles. The molecule has 4 rings (SSSR count). The Kier molecular flexibility index (Phi) is 9.56. The van der Waals surface area contributed by atoms with Crippen molar-refractivity contribution in [3.8, 4) is 0 Å². The Labute approximate surface area is 229 Å². The molecule has 2 aliphatic heterocycles. The first-order valence-corrected chi connectivity index (χ1v) is 13.6. The van der Waals surface area contributed by atoms with Crippen LogP contribution in [0.4, 0.5) is 26.3 Å². The number of halogens is 8. The van der Waals surface area contributed by atoms with Crippen LogP contribution < -0.4 is 5.32 Å². The van der Waals surface area contributed by atoms with Gasteiger partial charge in [0.2, 0.25) is 0 Å². The van der Waals surface area contributed by atoms with Crippen molar-refractivity contribution in [2.45, 2.75) is 63.1 Å². The predicted octanol–water partition coefficient (Wildman–Crippen LogP) is 7.81. The van der Waals surface area contributed by atoms with E-state index in [1.165, 1.54) is 19.3 Å². The molecule has 2 aromatic rings. The van der Waals surface area contributed by atoms with Gasteiger partial charge in [0.05, 0.1) is 21.2 Å². The zero-order valence-electron chi connectivity index (χ0n) is 20.8. The molecular weight excluding hydrogens is 551 g/mol. The molecule has 0 spiro atoms. The van der Waals surface area contributed by atoms with Gasteiger partial charge in [0.1, 0.15) is 0 Å². The lowest BCUT2D eigenvalue weighted by molar-refractivity contribution is -0.143. The summed E-state index contributed by atoms with van der Waals surface area (Å²) in [7, 11) is 0. The van der Waals surface area contributed by atoms with Crippen LogP contribution in [0.3, 0.4) is 0 Å². The van der Waals surface area contributed by atoms with E-state index in [-0.39, 0.29) is 24.2 Å². The number of likely N-dealkylation sites (tertiary alicyclic amines) is 2. The lowest BCUT2D eigenvalue weighted by atomic mass is 9.96. The highest BCUT2D eigenvalue weighted by molar-refractivity contribution is 6.42. The molecule has 0 amide bonds. The third kappa shape index (κ3) is 7.56. The van der Waals surface area contributed by atoms with E-state index in [1.807, 2.05) is 6.07 Å². The minimum atomic E-state index is -4.88. The molecule has 2 fully saturated rings. The topological polar surface area (TPSA) is 18.5 Å². The van der Waals surface area contributed by atoms with Crippen LogP contribution in [0.15, 0.2) is 36.4 Å². The Hall–Kier alpha value is -1.52. The van der Waals surface area contributed by atoms with Gasteiger partial charge in [-0.3, -0.25) is 4.90 Å². The Morgan fingerprint density at radius 3 is 1.95 bits per heavy atom. The van der Waals surface area contributed by atoms with Crippen LogP contribution in [0.25, 0.3) is 0 Å². The molecule has 11 heteroatoms. The first-order valence-electron chi connectivity index (χ1n) is 12.8. The van der Waals surface area contributed by atoms with Crippen LogP contribution in [0, 0.1) is 0 Å². The highest BCUT2D eigenvalue weighted by Gasteiger charge is 2.37. The van der Waals surface area contributed by atoms with Crippen molar-refractivity contribution in [1.82, 2.24) is 15.1 Å². The second-order valence-corrected chi connectivity index (χ2v) is 10.9. The van der Waals surface area contributed by atoms with E-state index < -0.39 is 23.5 Å². The van der Waals surface area contributed by atoms with Crippen LogP contribution in [0.5, 0.6) is 0 Å². The fraction of sp³-hybridized carbons (Fsp3) is 0.556. The molecule has 2 heterocycles. The maximum Gasteiger partial charge on any atom is 0.416 e. The zero-order valence-corrected chi connectivity index (χ0v) is 22.3. The number of alkyl halides is 6. The molecule has 1 N–H and O–H groups in total. The summed E-state index contributed by atoms with van der Waals surface area (Å²) in [5, 5.41) is 3.91. The maximum absolute atomic E-state index is 13.3. The molecule has 0 aromatic heterocycles. The molecule has 210 valence electrons. The largest absolute Gasteiger partial charge is 0.416 e. The SMILES string of the molecule is FC(F)(F)c1cc(CNCC(c2ccc(Cl)c(Cl)c2)N2CCC(N3CCCCC3)CC2)cc(C(F)(F)F)c1. The molecule has 0 saturated carbocycles. The molecule has 3 nitrogen and oxygen atoms in total. The van der Waals surface area contributed by atoms with Gasteiger partial charge in [0.15, 0.2) is 0 Å². The second kappa shape index (κ2) is 12.3. The Morgan fingerprint density at radius 1 is 0.789 bits per heavy atom. The standard InChI is InChI=1S/C27H31Cl2F6N3/c28-23-5-4-19(14-24(23)29)25(38-10-6-22(7-11-38)37-8-2-1-3-9-37)17-36-16-18-12-20(26(30,31)32)15-21(13-18)27(33,34)35/h4-5,12-15,22,25,36H,1-3,6-11,16-17H2. The average molecular weight is 582 g/mol. The van der Waals surface area contributed by atoms with E-state index in [2.05, 4.69) is 15.1 Å². The molecule has 2 aromatic carbocycles. The molecule has 38 heavy (non-hydrogen) atoms. The first-order chi connectivity index (χ1) is 17.9. The van der Waals surface area contributed by atoms with Crippen molar-refractivity contribution >= 4 is 23.2 Å². The van der Waals surface area contributed by atoms with Crippen molar-refractivity contribution in [1.29, 1.82) is 0 Å². The highest BCUT2D eigenvalue weighted by Crippen LogP contribution is 2.37. The van der Waals surface area contributed by atoms with Crippen LogP contribution in [-0.4, -0.2) is 48.6 Å². The number of nitrogens with one attached hydrogen (secondary N) is 1. The quantitative estimate of drug-likeness (QED) is 0.336. The minimum absolute atomic E-state index is 0.0798. The molecular formula is C27H31Cl2F6N3. The van der Waals surface area contributed by atoms with Gasteiger partial charge in [0, 0.05) is 38.3 Å². The number of hydrogen-bond acceptors (Lipinski definition) is 3. The van der Waals surface area contributed by atoms with E-state index in [0.29, 0.717) is 22.6 Å². The lowest BCUT2D eigenvalue weighted by Gasteiger charge is -2.43. The van der Waals surface area contributed by atoms with Crippen molar-refractivity contribution in [3.63, 3.8) is 0 Å².